The van der Waals surface area contributed by atoms with Gasteiger partial charge in [0.15, 0.2) is 0 Å². The van der Waals surface area contributed by atoms with Crippen LogP contribution in [0.4, 0.5) is 18.9 Å². The third-order valence-corrected chi connectivity index (χ3v) is 7.95. The molecule has 4 rings (SSSR count). The van der Waals surface area contributed by atoms with Gasteiger partial charge in [-0.2, -0.15) is 11.8 Å². The number of halogens is 4. The molecule has 1 fully saturated rings. The van der Waals surface area contributed by atoms with Crippen LogP contribution in [0.15, 0.2) is 65.6 Å². The van der Waals surface area contributed by atoms with Crippen molar-refractivity contribution in [2.24, 2.45) is 0 Å². The lowest BCUT2D eigenvalue weighted by atomic mass is 10.00. The van der Waals surface area contributed by atoms with Crippen LogP contribution in [0.2, 0.25) is 5.02 Å². The van der Waals surface area contributed by atoms with Gasteiger partial charge >= 0.3 is 0 Å². The Labute approximate surface area is 206 Å². The fourth-order valence-corrected chi connectivity index (χ4v) is 5.95. The summed E-state index contributed by atoms with van der Waals surface area (Å²) >= 11 is 9.23. The zero-order valence-corrected chi connectivity index (χ0v) is 20.5. The number of rotatable bonds is 7. The van der Waals surface area contributed by atoms with Crippen molar-refractivity contribution in [3.05, 3.63) is 94.3 Å². The lowest BCUT2D eigenvalue weighted by Gasteiger charge is -2.33. The van der Waals surface area contributed by atoms with Crippen LogP contribution in [0.1, 0.15) is 24.1 Å². The fourth-order valence-electron chi connectivity index (χ4n) is 3.85. The quantitative estimate of drug-likeness (QED) is 0.303. The molecule has 0 bridgehead atoms. The van der Waals surface area contributed by atoms with E-state index in [1.54, 1.807) is 28.6 Å². The monoisotopic (exact) mass is 508 g/mol. The normalized spacial score (nSPS) is 15.4. The minimum Gasteiger partial charge on any atom is -0.302 e. The van der Waals surface area contributed by atoms with Crippen molar-refractivity contribution in [3.8, 4) is 0 Å². The van der Waals surface area contributed by atoms with Gasteiger partial charge < -0.3 is 4.31 Å². The molecule has 1 unspecified atom stereocenters. The topological polar surface area (TPSA) is 6.48 Å². The summed E-state index contributed by atoms with van der Waals surface area (Å²) in [5, 5.41) is 0.594. The summed E-state index contributed by atoms with van der Waals surface area (Å²) in [4.78, 5) is 3.13. The van der Waals surface area contributed by atoms with Gasteiger partial charge in [-0.1, -0.05) is 17.7 Å². The molecule has 0 aromatic heterocycles. The highest BCUT2D eigenvalue weighted by molar-refractivity contribution is 8.00. The summed E-state index contributed by atoms with van der Waals surface area (Å²) in [6.07, 6.45) is 0. The van der Waals surface area contributed by atoms with Crippen molar-refractivity contribution in [2.45, 2.75) is 24.4 Å². The van der Waals surface area contributed by atoms with E-state index in [2.05, 4.69) is 4.90 Å². The Bertz CT molecular complexity index is 1090. The molecule has 1 aliphatic rings. The van der Waals surface area contributed by atoms with Crippen molar-refractivity contribution in [1.29, 1.82) is 0 Å². The smallest absolute Gasteiger partial charge is 0.147 e. The van der Waals surface area contributed by atoms with Crippen molar-refractivity contribution in [2.75, 3.05) is 28.9 Å². The molecule has 1 saturated heterocycles. The van der Waals surface area contributed by atoms with Crippen LogP contribution >= 0.6 is 35.3 Å². The first-order chi connectivity index (χ1) is 15.9. The molecule has 33 heavy (non-hydrogen) atoms. The standard InChI is InChI=1S/C25H24ClF3N2S2/c1-17(23-8-4-20(27)14-18(23)16-30-10-12-32-13-11-30)31(25-15-21(28)5-9-24(25)29)33-22-6-2-19(26)3-7-22/h2-9,14-15,17H,10-13,16H2,1H3. The van der Waals surface area contributed by atoms with Gasteiger partial charge in [0.05, 0.1) is 11.7 Å². The van der Waals surface area contributed by atoms with E-state index in [0.717, 1.165) is 52.8 Å². The Kier molecular flexibility index (Phi) is 8.17. The van der Waals surface area contributed by atoms with Gasteiger partial charge in [-0.25, -0.2) is 13.2 Å². The Morgan fingerprint density at radius 2 is 1.64 bits per heavy atom. The van der Waals surface area contributed by atoms with Gasteiger partial charge in [0, 0.05) is 47.1 Å². The molecule has 0 radical (unpaired) electrons. The summed E-state index contributed by atoms with van der Waals surface area (Å²) in [5.41, 5.74) is 1.86. The molecule has 1 aliphatic heterocycles. The lowest BCUT2D eigenvalue weighted by Crippen LogP contribution is -2.33. The second-order valence-electron chi connectivity index (χ2n) is 7.87. The Hall–Kier alpha value is -1.80. The van der Waals surface area contributed by atoms with E-state index < -0.39 is 11.6 Å². The maximum atomic E-state index is 14.9. The SMILES string of the molecule is CC(c1ccc(F)cc1CN1CCSCC1)N(Sc1ccc(Cl)cc1)c1cc(F)ccc1F. The number of hydrogen-bond donors (Lipinski definition) is 0. The maximum Gasteiger partial charge on any atom is 0.147 e. The van der Waals surface area contributed by atoms with Crippen LogP contribution in [0, 0.1) is 17.5 Å². The molecule has 1 heterocycles. The van der Waals surface area contributed by atoms with Crippen LogP contribution in [0.3, 0.4) is 0 Å². The molecule has 0 amide bonds. The van der Waals surface area contributed by atoms with E-state index in [9.17, 15) is 13.2 Å². The average molecular weight is 509 g/mol. The molecular formula is C25H24ClF3N2S2. The molecule has 2 nitrogen and oxygen atoms in total. The van der Waals surface area contributed by atoms with Gasteiger partial charge in [0.1, 0.15) is 17.5 Å². The first kappa shape index (κ1) is 24.3. The number of benzene rings is 3. The van der Waals surface area contributed by atoms with E-state index in [4.69, 9.17) is 11.6 Å². The van der Waals surface area contributed by atoms with Crippen LogP contribution in [0.5, 0.6) is 0 Å². The zero-order valence-electron chi connectivity index (χ0n) is 18.1. The third-order valence-electron chi connectivity index (χ3n) is 5.57. The highest BCUT2D eigenvalue weighted by Gasteiger charge is 2.25. The summed E-state index contributed by atoms with van der Waals surface area (Å²) < 4.78 is 45.0. The molecule has 174 valence electrons. The minimum absolute atomic E-state index is 0.132. The van der Waals surface area contributed by atoms with Crippen LogP contribution in [0.25, 0.3) is 0 Å². The molecule has 8 heteroatoms. The second kappa shape index (κ2) is 11.1. The highest BCUT2D eigenvalue weighted by Crippen LogP contribution is 2.40. The van der Waals surface area contributed by atoms with Crippen molar-refractivity contribution in [1.82, 2.24) is 4.90 Å². The predicted molar refractivity (Wildman–Crippen MR) is 134 cm³/mol. The van der Waals surface area contributed by atoms with Gasteiger partial charge in [-0.15, -0.1) is 0 Å². The van der Waals surface area contributed by atoms with Crippen LogP contribution in [-0.4, -0.2) is 29.5 Å². The van der Waals surface area contributed by atoms with Crippen LogP contribution in [-0.2, 0) is 6.54 Å². The van der Waals surface area contributed by atoms with E-state index in [-0.39, 0.29) is 17.5 Å². The van der Waals surface area contributed by atoms with Gasteiger partial charge in [0.2, 0.25) is 0 Å². The average Bonchev–Trinajstić information content (AvgIpc) is 2.81. The minimum atomic E-state index is -0.526. The number of nitrogens with zero attached hydrogens (tertiary/aromatic N) is 2. The fraction of sp³-hybridized carbons (Fsp3) is 0.280. The number of hydrogen-bond acceptors (Lipinski definition) is 4. The molecule has 3 aromatic carbocycles. The van der Waals surface area contributed by atoms with Crippen molar-refractivity contribution in [3.63, 3.8) is 0 Å². The molecule has 0 spiro atoms. The summed E-state index contributed by atoms with van der Waals surface area (Å²) in [6, 6.07) is 15.0. The molecule has 3 aromatic rings. The molecular weight excluding hydrogens is 485 g/mol. The summed E-state index contributed by atoms with van der Waals surface area (Å²) in [7, 11) is 0. The Morgan fingerprint density at radius 1 is 0.970 bits per heavy atom. The number of thioether (sulfide) groups is 1. The Balaban J connectivity index is 1.72. The van der Waals surface area contributed by atoms with Crippen molar-refractivity contribution >= 4 is 41.0 Å². The van der Waals surface area contributed by atoms with Crippen LogP contribution < -0.4 is 4.31 Å². The zero-order chi connectivity index (χ0) is 23.4. The second-order valence-corrected chi connectivity index (χ2v) is 10.6. The molecule has 0 N–H and O–H groups in total. The van der Waals surface area contributed by atoms with Gasteiger partial charge in [-0.05, 0) is 78.5 Å². The first-order valence-electron chi connectivity index (χ1n) is 10.7. The van der Waals surface area contributed by atoms with Gasteiger partial charge in [0.25, 0.3) is 0 Å². The van der Waals surface area contributed by atoms with E-state index >= 15 is 0 Å². The highest BCUT2D eigenvalue weighted by atomic mass is 35.5. The number of anilines is 1. The third kappa shape index (κ3) is 6.21. The molecule has 0 saturated carbocycles. The maximum absolute atomic E-state index is 14.9. The largest absolute Gasteiger partial charge is 0.302 e. The van der Waals surface area contributed by atoms with E-state index in [1.807, 2.05) is 30.8 Å². The van der Waals surface area contributed by atoms with E-state index in [1.165, 1.54) is 24.1 Å². The predicted octanol–water partition coefficient (Wildman–Crippen LogP) is 7.58. The van der Waals surface area contributed by atoms with Gasteiger partial charge in [-0.3, -0.25) is 4.90 Å². The Morgan fingerprint density at radius 3 is 2.36 bits per heavy atom. The summed E-state index contributed by atoms with van der Waals surface area (Å²) in [5.74, 6) is 0.744. The van der Waals surface area contributed by atoms with Crippen molar-refractivity contribution < 1.29 is 13.2 Å². The molecule has 1 atom stereocenters. The van der Waals surface area contributed by atoms with E-state index in [0.29, 0.717) is 11.6 Å². The lowest BCUT2D eigenvalue weighted by molar-refractivity contribution is 0.293. The molecule has 0 aliphatic carbocycles. The summed E-state index contributed by atoms with van der Waals surface area (Å²) in [6.45, 7) is 4.42. The first-order valence-corrected chi connectivity index (χ1v) is 13.0.